The summed E-state index contributed by atoms with van der Waals surface area (Å²) in [5, 5.41) is 10.4. The zero-order valence-electron chi connectivity index (χ0n) is 23.1. The molecular formula is C32H31ClN4O2S2. The fourth-order valence-corrected chi connectivity index (χ4v) is 6.86. The fraction of sp³-hybridized carbons (Fsp3) is 0.188. The number of thioether (sulfide) groups is 1. The van der Waals surface area contributed by atoms with Gasteiger partial charge in [-0.1, -0.05) is 107 Å². The van der Waals surface area contributed by atoms with Crippen molar-refractivity contribution in [1.29, 1.82) is 0 Å². The lowest BCUT2D eigenvalue weighted by Gasteiger charge is -2.21. The first-order chi connectivity index (χ1) is 19.7. The summed E-state index contributed by atoms with van der Waals surface area (Å²) in [5.41, 5.74) is 6.07. The van der Waals surface area contributed by atoms with Crippen LogP contribution in [-0.2, 0) is 22.2 Å². The summed E-state index contributed by atoms with van der Waals surface area (Å²) < 4.78 is 32.2. The molecule has 1 heterocycles. The standard InChI is InChI=1S/C32H31ClN4O2S2/c1-22-12-16-28(17-13-22)41(38,39)36-29(19-25-9-5-4-6-10-25)31-34-35-32(40-21-26-11-7-8-23(2)18-26)37(31)30-20-27(33)15-14-24(30)3/h4-18,20,29,36H,19,21H2,1-3H3. The van der Waals surface area contributed by atoms with Crippen LogP contribution in [0.1, 0.15) is 39.7 Å². The number of aromatic nitrogens is 3. The summed E-state index contributed by atoms with van der Waals surface area (Å²) in [6.45, 7) is 5.99. The third-order valence-corrected chi connectivity index (χ3v) is 9.47. The monoisotopic (exact) mass is 602 g/mol. The maximum absolute atomic E-state index is 13.6. The van der Waals surface area contributed by atoms with Crippen molar-refractivity contribution in [2.24, 2.45) is 0 Å². The van der Waals surface area contributed by atoms with Gasteiger partial charge in [-0.3, -0.25) is 4.57 Å². The van der Waals surface area contributed by atoms with Crippen LogP contribution in [0.2, 0.25) is 5.02 Å². The number of nitrogens with one attached hydrogen (secondary N) is 1. The lowest BCUT2D eigenvalue weighted by molar-refractivity contribution is 0.537. The molecule has 1 unspecified atom stereocenters. The second kappa shape index (κ2) is 12.6. The molecule has 4 aromatic carbocycles. The van der Waals surface area contributed by atoms with Crippen LogP contribution in [0.4, 0.5) is 0 Å². The Labute approximate surface area is 250 Å². The number of sulfonamides is 1. The van der Waals surface area contributed by atoms with Crippen LogP contribution in [0.15, 0.2) is 107 Å². The molecule has 5 rings (SSSR count). The molecule has 5 aromatic rings. The van der Waals surface area contributed by atoms with E-state index >= 15 is 0 Å². The molecule has 1 aromatic heterocycles. The molecule has 0 fully saturated rings. The van der Waals surface area contributed by atoms with Crippen LogP contribution in [0.25, 0.3) is 5.69 Å². The molecule has 6 nitrogen and oxygen atoms in total. The molecule has 0 aliphatic carbocycles. The lowest BCUT2D eigenvalue weighted by atomic mass is 10.1. The van der Waals surface area contributed by atoms with Crippen LogP contribution in [0.5, 0.6) is 0 Å². The third-order valence-electron chi connectivity index (χ3n) is 6.74. The van der Waals surface area contributed by atoms with Gasteiger partial charge in [-0.05, 0) is 68.1 Å². The van der Waals surface area contributed by atoms with Crippen LogP contribution in [-0.4, -0.2) is 23.2 Å². The highest BCUT2D eigenvalue weighted by molar-refractivity contribution is 7.98. The summed E-state index contributed by atoms with van der Waals surface area (Å²) in [6, 6.07) is 29.9. The number of rotatable bonds is 10. The van der Waals surface area contributed by atoms with E-state index in [1.807, 2.05) is 73.0 Å². The van der Waals surface area contributed by atoms with Gasteiger partial charge in [0.15, 0.2) is 11.0 Å². The highest BCUT2D eigenvalue weighted by Crippen LogP contribution is 2.32. The molecule has 0 saturated carbocycles. The predicted molar refractivity (Wildman–Crippen MR) is 166 cm³/mol. The van der Waals surface area contributed by atoms with Gasteiger partial charge in [0.05, 0.1) is 16.6 Å². The second-order valence-corrected chi connectivity index (χ2v) is 13.2. The van der Waals surface area contributed by atoms with E-state index in [4.69, 9.17) is 11.6 Å². The molecule has 0 spiro atoms. The Hall–Kier alpha value is -3.43. The van der Waals surface area contributed by atoms with Crippen LogP contribution < -0.4 is 4.72 Å². The van der Waals surface area contributed by atoms with Crippen molar-refractivity contribution in [3.63, 3.8) is 0 Å². The number of hydrogen-bond acceptors (Lipinski definition) is 5. The van der Waals surface area contributed by atoms with Gasteiger partial charge in [-0.15, -0.1) is 10.2 Å². The topological polar surface area (TPSA) is 76.9 Å². The van der Waals surface area contributed by atoms with E-state index in [0.717, 1.165) is 27.9 Å². The fourth-order valence-electron chi connectivity index (χ4n) is 4.61. The van der Waals surface area contributed by atoms with Crippen LogP contribution in [0, 0.1) is 20.8 Å². The van der Waals surface area contributed by atoms with Gasteiger partial charge in [0.1, 0.15) is 0 Å². The normalized spacial score (nSPS) is 12.4. The van der Waals surface area contributed by atoms with E-state index in [9.17, 15) is 8.42 Å². The number of nitrogens with zero attached hydrogens (tertiary/aromatic N) is 3. The van der Waals surface area contributed by atoms with Gasteiger partial charge in [-0.2, -0.15) is 0 Å². The van der Waals surface area contributed by atoms with Crippen molar-refractivity contribution in [3.05, 3.63) is 136 Å². The van der Waals surface area contributed by atoms with E-state index < -0.39 is 16.1 Å². The van der Waals surface area contributed by atoms with Crippen LogP contribution in [0.3, 0.4) is 0 Å². The summed E-state index contributed by atoms with van der Waals surface area (Å²) in [4.78, 5) is 0.195. The predicted octanol–water partition coefficient (Wildman–Crippen LogP) is 7.40. The van der Waals surface area contributed by atoms with Gasteiger partial charge in [0.2, 0.25) is 10.0 Å². The lowest BCUT2D eigenvalue weighted by Crippen LogP contribution is -2.32. The minimum atomic E-state index is -3.88. The average molecular weight is 603 g/mol. The van der Waals surface area contributed by atoms with E-state index in [-0.39, 0.29) is 4.90 Å². The number of hydrogen-bond donors (Lipinski definition) is 1. The maximum atomic E-state index is 13.6. The minimum absolute atomic E-state index is 0.195. The largest absolute Gasteiger partial charge is 0.272 e. The molecular weight excluding hydrogens is 572 g/mol. The molecule has 0 saturated heterocycles. The first-order valence-corrected chi connectivity index (χ1v) is 16.1. The van der Waals surface area contributed by atoms with E-state index in [0.29, 0.717) is 28.2 Å². The Morgan fingerprint density at radius 3 is 2.29 bits per heavy atom. The molecule has 0 bridgehead atoms. The molecule has 0 amide bonds. The van der Waals surface area contributed by atoms with E-state index in [1.54, 1.807) is 36.0 Å². The zero-order chi connectivity index (χ0) is 29.0. The molecule has 9 heteroatoms. The number of halogens is 1. The summed E-state index contributed by atoms with van der Waals surface area (Å²) in [5.74, 6) is 1.17. The van der Waals surface area contributed by atoms with E-state index in [1.165, 1.54) is 5.56 Å². The van der Waals surface area contributed by atoms with Crippen molar-refractivity contribution in [2.75, 3.05) is 0 Å². The Balaban J connectivity index is 1.61. The van der Waals surface area contributed by atoms with Crippen molar-refractivity contribution in [3.8, 4) is 5.69 Å². The summed E-state index contributed by atoms with van der Waals surface area (Å²) in [6.07, 6.45) is 0.381. The van der Waals surface area contributed by atoms with Gasteiger partial charge in [0.25, 0.3) is 0 Å². The van der Waals surface area contributed by atoms with Gasteiger partial charge >= 0.3 is 0 Å². The van der Waals surface area contributed by atoms with Gasteiger partial charge < -0.3 is 0 Å². The molecule has 0 aliphatic rings. The van der Waals surface area contributed by atoms with E-state index in [2.05, 4.69) is 40.0 Å². The molecule has 41 heavy (non-hydrogen) atoms. The minimum Gasteiger partial charge on any atom is -0.272 e. The third kappa shape index (κ3) is 7.08. The second-order valence-electron chi connectivity index (χ2n) is 10.1. The molecule has 210 valence electrons. The SMILES string of the molecule is Cc1ccc(S(=O)(=O)NC(Cc2ccccc2)c2nnc(SCc3cccc(C)c3)n2-c2cc(Cl)ccc2C)cc1. The summed E-state index contributed by atoms with van der Waals surface area (Å²) >= 11 is 8.01. The molecule has 0 radical (unpaired) electrons. The highest BCUT2D eigenvalue weighted by atomic mass is 35.5. The Morgan fingerprint density at radius 1 is 0.829 bits per heavy atom. The Morgan fingerprint density at radius 2 is 1.56 bits per heavy atom. The summed E-state index contributed by atoms with van der Waals surface area (Å²) in [7, 11) is -3.88. The quantitative estimate of drug-likeness (QED) is 0.169. The van der Waals surface area contributed by atoms with Gasteiger partial charge in [-0.25, -0.2) is 13.1 Å². The average Bonchev–Trinajstić information content (AvgIpc) is 3.37. The van der Waals surface area contributed by atoms with Crippen molar-refractivity contribution < 1.29 is 8.42 Å². The van der Waals surface area contributed by atoms with Crippen molar-refractivity contribution >= 4 is 33.4 Å². The van der Waals surface area contributed by atoms with Crippen molar-refractivity contribution in [2.45, 2.75) is 49.0 Å². The maximum Gasteiger partial charge on any atom is 0.241 e. The van der Waals surface area contributed by atoms with Gasteiger partial charge in [0, 0.05) is 10.8 Å². The van der Waals surface area contributed by atoms with Crippen LogP contribution >= 0.6 is 23.4 Å². The van der Waals surface area contributed by atoms with Crippen molar-refractivity contribution in [1.82, 2.24) is 19.5 Å². The molecule has 1 N–H and O–H groups in total. The molecule has 1 atom stereocenters. The number of benzene rings is 4. The first-order valence-electron chi connectivity index (χ1n) is 13.2. The Bertz CT molecular complexity index is 1750. The number of aryl methyl sites for hydroxylation is 3. The Kier molecular flexibility index (Phi) is 8.94. The zero-order valence-corrected chi connectivity index (χ0v) is 25.5. The smallest absolute Gasteiger partial charge is 0.241 e. The first kappa shape index (κ1) is 29.1. The molecule has 0 aliphatic heterocycles. The highest BCUT2D eigenvalue weighted by Gasteiger charge is 2.29.